The molecule has 0 aromatic heterocycles. The first-order chi connectivity index (χ1) is 14.6. The number of rotatable bonds is 8. The van der Waals surface area contributed by atoms with Crippen LogP contribution in [-0.4, -0.2) is 36.4 Å². The molecule has 2 aromatic carbocycles. The summed E-state index contributed by atoms with van der Waals surface area (Å²) in [6.45, 7) is 6.38. The Morgan fingerprint density at radius 2 is 1.73 bits per heavy atom. The van der Waals surface area contributed by atoms with Crippen molar-refractivity contribution in [3.63, 3.8) is 0 Å². The number of amides is 2. The highest BCUT2D eigenvalue weighted by Gasteiger charge is 2.18. The van der Waals surface area contributed by atoms with Crippen molar-refractivity contribution >= 4 is 11.8 Å². The van der Waals surface area contributed by atoms with Crippen LogP contribution in [0.4, 0.5) is 0 Å². The third-order valence-corrected chi connectivity index (χ3v) is 5.75. The number of para-hydroxylation sites is 1. The zero-order chi connectivity index (χ0) is 21.3. The lowest BCUT2D eigenvalue weighted by molar-refractivity contribution is -0.123. The van der Waals surface area contributed by atoms with Crippen LogP contribution in [0.25, 0.3) is 0 Å². The molecular formula is C25H32N2O3. The SMILES string of the molecule is CCC(C)c1ccccc1OCC(=O)NCc1ccc(C(=O)N2CCCCC2)cc1. The minimum absolute atomic E-state index is 0.0149. The first kappa shape index (κ1) is 21.9. The first-order valence-corrected chi connectivity index (χ1v) is 10.9. The zero-order valence-corrected chi connectivity index (χ0v) is 18.0. The third-order valence-electron chi connectivity index (χ3n) is 5.75. The molecule has 0 radical (unpaired) electrons. The smallest absolute Gasteiger partial charge is 0.258 e. The molecule has 1 unspecified atom stereocenters. The number of hydrogen-bond donors (Lipinski definition) is 1. The molecule has 1 aliphatic heterocycles. The fourth-order valence-electron chi connectivity index (χ4n) is 3.68. The van der Waals surface area contributed by atoms with E-state index in [1.165, 1.54) is 6.42 Å². The van der Waals surface area contributed by atoms with E-state index >= 15 is 0 Å². The van der Waals surface area contributed by atoms with Crippen molar-refractivity contribution in [1.82, 2.24) is 10.2 Å². The number of ether oxygens (including phenoxy) is 1. The Balaban J connectivity index is 1.48. The molecule has 5 nitrogen and oxygen atoms in total. The van der Waals surface area contributed by atoms with Gasteiger partial charge in [0.2, 0.25) is 0 Å². The fraction of sp³-hybridized carbons (Fsp3) is 0.440. The summed E-state index contributed by atoms with van der Waals surface area (Å²) in [7, 11) is 0. The highest BCUT2D eigenvalue weighted by atomic mass is 16.5. The van der Waals surface area contributed by atoms with Crippen LogP contribution >= 0.6 is 0 Å². The van der Waals surface area contributed by atoms with Crippen LogP contribution in [0.15, 0.2) is 48.5 Å². The molecule has 1 fully saturated rings. The summed E-state index contributed by atoms with van der Waals surface area (Å²) in [5.41, 5.74) is 2.79. The molecule has 1 N–H and O–H groups in total. The normalized spacial score (nSPS) is 14.8. The quantitative estimate of drug-likeness (QED) is 0.699. The number of nitrogens with zero attached hydrogens (tertiary/aromatic N) is 1. The van der Waals surface area contributed by atoms with Gasteiger partial charge in [-0.2, -0.15) is 0 Å². The average molecular weight is 409 g/mol. The predicted octanol–water partition coefficient (Wildman–Crippen LogP) is 4.52. The van der Waals surface area contributed by atoms with Crippen molar-refractivity contribution in [1.29, 1.82) is 0 Å². The molecule has 1 heterocycles. The van der Waals surface area contributed by atoms with Crippen LogP contribution in [-0.2, 0) is 11.3 Å². The monoisotopic (exact) mass is 408 g/mol. The number of hydrogen-bond acceptors (Lipinski definition) is 3. The molecule has 3 rings (SSSR count). The van der Waals surface area contributed by atoms with Crippen molar-refractivity contribution < 1.29 is 14.3 Å². The maximum absolute atomic E-state index is 12.5. The molecule has 1 aliphatic rings. The van der Waals surface area contributed by atoms with Gasteiger partial charge in [0.1, 0.15) is 5.75 Å². The van der Waals surface area contributed by atoms with Crippen molar-refractivity contribution in [2.24, 2.45) is 0 Å². The molecule has 30 heavy (non-hydrogen) atoms. The van der Waals surface area contributed by atoms with Gasteiger partial charge in [0, 0.05) is 25.2 Å². The van der Waals surface area contributed by atoms with E-state index in [-0.39, 0.29) is 18.4 Å². The van der Waals surface area contributed by atoms with Gasteiger partial charge < -0.3 is 15.0 Å². The number of carbonyl (C=O) groups is 2. The van der Waals surface area contributed by atoms with E-state index in [0.717, 1.165) is 49.2 Å². The van der Waals surface area contributed by atoms with E-state index < -0.39 is 0 Å². The second-order valence-corrected chi connectivity index (χ2v) is 7.96. The van der Waals surface area contributed by atoms with Crippen molar-refractivity contribution in [2.45, 2.75) is 52.0 Å². The van der Waals surface area contributed by atoms with E-state index in [0.29, 0.717) is 18.0 Å². The molecule has 160 valence electrons. The van der Waals surface area contributed by atoms with Gasteiger partial charge in [-0.15, -0.1) is 0 Å². The van der Waals surface area contributed by atoms with E-state index in [4.69, 9.17) is 4.74 Å². The summed E-state index contributed by atoms with van der Waals surface area (Å²) in [6, 6.07) is 15.4. The van der Waals surface area contributed by atoms with Gasteiger partial charge in [0.15, 0.2) is 6.61 Å². The Bertz CT molecular complexity index is 842. The molecule has 5 heteroatoms. The first-order valence-electron chi connectivity index (χ1n) is 10.9. The van der Waals surface area contributed by atoms with Crippen LogP contribution in [0.1, 0.15) is 66.9 Å². The van der Waals surface area contributed by atoms with Gasteiger partial charge in [0.25, 0.3) is 11.8 Å². The van der Waals surface area contributed by atoms with Gasteiger partial charge in [-0.25, -0.2) is 0 Å². The topological polar surface area (TPSA) is 58.6 Å². The molecule has 0 aliphatic carbocycles. The molecule has 0 bridgehead atoms. The number of likely N-dealkylation sites (tertiary alicyclic amines) is 1. The summed E-state index contributed by atoms with van der Waals surface area (Å²) in [5, 5.41) is 2.88. The summed E-state index contributed by atoms with van der Waals surface area (Å²) in [6.07, 6.45) is 4.39. The largest absolute Gasteiger partial charge is 0.483 e. The van der Waals surface area contributed by atoms with E-state index in [2.05, 4.69) is 19.2 Å². The van der Waals surface area contributed by atoms with Gasteiger partial charge in [-0.1, -0.05) is 44.2 Å². The average Bonchev–Trinajstić information content (AvgIpc) is 2.81. The molecule has 0 saturated carbocycles. The van der Waals surface area contributed by atoms with Gasteiger partial charge in [0.05, 0.1) is 0 Å². The number of piperidine rings is 1. The summed E-state index contributed by atoms with van der Waals surface area (Å²) in [5.74, 6) is 1.08. The van der Waals surface area contributed by atoms with Crippen LogP contribution in [0.5, 0.6) is 5.75 Å². The lowest BCUT2D eigenvalue weighted by Crippen LogP contribution is -2.35. The zero-order valence-electron chi connectivity index (χ0n) is 18.0. The van der Waals surface area contributed by atoms with Gasteiger partial charge in [-0.05, 0) is 60.9 Å². The van der Waals surface area contributed by atoms with E-state index in [1.807, 2.05) is 53.4 Å². The molecule has 1 atom stereocenters. The Morgan fingerprint density at radius 1 is 1.03 bits per heavy atom. The van der Waals surface area contributed by atoms with Crippen molar-refractivity contribution in [3.8, 4) is 5.75 Å². The van der Waals surface area contributed by atoms with Crippen LogP contribution < -0.4 is 10.1 Å². The van der Waals surface area contributed by atoms with E-state index in [1.54, 1.807) is 0 Å². The van der Waals surface area contributed by atoms with Crippen molar-refractivity contribution in [3.05, 3.63) is 65.2 Å². The fourth-order valence-corrected chi connectivity index (χ4v) is 3.68. The molecule has 2 amide bonds. The summed E-state index contributed by atoms with van der Waals surface area (Å²) in [4.78, 5) is 26.7. The lowest BCUT2D eigenvalue weighted by Gasteiger charge is -2.26. The number of nitrogens with one attached hydrogen (secondary N) is 1. The molecular weight excluding hydrogens is 376 g/mol. The van der Waals surface area contributed by atoms with Gasteiger partial charge in [-0.3, -0.25) is 9.59 Å². The third kappa shape index (κ3) is 5.85. The van der Waals surface area contributed by atoms with Gasteiger partial charge >= 0.3 is 0 Å². The second-order valence-electron chi connectivity index (χ2n) is 7.96. The summed E-state index contributed by atoms with van der Waals surface area (Å²) < 4.78 is 5.77. The Morgan fingerprint density at radius 3 is 2.43 bits per heavy atom. The second kappa shape index (κ2) is 10.8. The number of carbonyl (C=O) groups excluding carboxylic acids is 2. The highest BCUT2D eigenvalue weighted by molar-refractivity contribution is 5.94. The molecule has 2 aromatic rings. The van der Waals surface area contributed by atoms with Crippen molar-refractivity contribution in [2.75, 3.05) is 19.7 Å². The van der Waals surface area contributed by atoms with Crippen LogP contribution in [0.2, 0.25) is 0 Å². The maximum Gasteiger partial charge on any atom is 0.258 e. The Labute approximate surface area is 179 Å². The maximum atomic E-state index is 12.5. The summed E-state index contributed by atoms with van der Waals surface area (Å²) >= 11 is 0. The minimum Gasteiger partial charge on any atom is -0.483 e. The Hall–Kier alpha value is -2.82. The van der Waals surface area contributed by atoms with Crippen LogP contribution in [0.3, 0.4) is 0 Å². The Kier molecular flexibility index (Phi) is 7.89. The van der Waals surface area contributed by atoms with Crippen LogP contribution in [0, 0.1) is 0 Å². The highest BCUT2D eigenvalue weighted by Crippen LogP contribution is 2.28. The number of benzene rings is 2. The predicted molar refractivity (Wildman–Crippen MR) is 119 cm³/mol. The standard InChI is InChI=1S/C25H32N2O3/c1-3-19(2)22-9-5-6-10-23(22)30-18-24(28)26-17-20-11-13-21(14-12-20)25(29)27-15-7-4-8-16-27/h5-6,9-14,19H,3-4,7-8,15-18H2,1-2H3,(H,26,28). The molecule has 1 saturated heterocycles. The minimum atomic E-state index is -0.164. The van der Waals surface area contributed by atoms with E-state index in [9.17, 15) is 9.59 Å². The molecule has 0 spiro atoms. The lowest BCUT2D eigenvalue weighted by atomic mass is 9.98.